The van der Waals surface area contributed by atoms with Gasteiger partial charge in [0.2, 0.25) is 0 Å². The Morgan fingerprint density at radius 2 is 1.87 bits per heavy atom. The van der Waals surface area contributed by atoms with Gasteiger partial charge in [0, 0.05) is 16.2 Å². The normalized spacial score (nSPS) is 11.4. The molecule has 2 N–H and O–H groups in total. The molecule has 0 unspecified atom stereocenters. The molecule has 0 saturated carbocycles. The lowest BCUT2D eigenvalue weighted by molar-refractivity contribution is 0.0692. The van der Waals surface area contributed by atoms with E-state index in [0.717, 1.165) is 0 Å². The molecule has 9 heteroatoms. The topological polar surface area (TPSA) is 99.5 Å². The van der Waals surface area contributed by atoms with E-state index in [2.05, 4.69) is 15.2 Å². The summed E-state index contributed by atoms with van der Waals surface area (Å²) in [6.07, 6.45) is 1.52. The van der Waals surface area contributed by atoms with Crippen molar-refractivity contribution in [2.75, 3.05) is 0 Å². The summed E-state index contributed by atoms with van der Waals surface area (Å²) in [5, 5.41) is 27.6. The van der Waals surface area contributed by atoms with Gasteiger partial charge < -0.3 is 10.2 Å². The van der Waals surface area contributed by atoms with Crippen LogP contribution in [0.2, 0.25) is 10.0 Å². The number of aromatic carboxylic acids is 1. The number of azo groups is 1. The third kappa shape index (κ3) is 2.96. The van der Waals surface area contributed by atoms with Crippen molar-refractivity contribution in [3.63, 3.8) is 0 Å². The highest BCUT2D eigenvalue weighted by molar-refractivity contribution is 6.35. The third-order valence-corrected chi connectivity index (χ3v) is 3.35. The summed E-state index contributed by atoms with van der Waals surface area (Å²) in [4.78, 5) is 15.2. The maximum atomic E-state index is 11.3. The summed E-state index contributed by atoms with van der Waals surface area (Å²) in [6, 6.07) is 7.52. The van der Waals surface area contributed by atoms with Crippen molar-refractivity contribution in [3.8, 4) is 5.75 Å². The molecule has 1 aromatic carbocycles. The van der Waals surface area contributed by atoms with Gasteiger partial charge in [-0.15, -0.1) is 10.2 Å². The van der Waals surface area contributed by atoms with Gasteiger partial charge in [-0.3, -0.25) is 4.40 Å². The molecule has 7 nitrogen and oxygen atoms in total. The number of benzene rings is 1. The molecule has 0 radical (unpaired) electrons. The first kappa shape index (κ1) is 15.3. The summed E-state index contributed by atoms with van der Waals surface area (Å²) >= 11 is 11.8. The van der Waals surface area contributed by atoms with Gasteiger partial charge >= 0.3 is 5.97 Å². The summed E-state index contributed by atoms with van der Waals surface area (Å²) in [5.41, 5.74) is 0.0975. The van der Waals surface area contributed by atoms with Gasteiger partial charge in [-0.25, -0.2) is 9.78 Å². The maximum absolute atomic E-state index is 11.3. The number of nitrogens with zero attached hydrogens (tertiary/aromatic N) is 4. The molecule has 0 aliphatic carbocycles. The highest BCUT2D eigenvalue weighted by Crippen LogP contribution is 2.30. The predicted octanol–water partition coefficient (Wildman–Crippen LogP) is 4.46. The van der Waals surface area contributed by atoms with Crippen LogP contribution in [0.1, 0.15) is 10.5 Å². The minimum Gasteiger partial charge on any atom is -0.504 e. The molecule has 3 rings (SSSR count). The zero-order valence-electron chi connectivity index (χ0n) is 11.3. The van der Waals surface area contributed by atoms with Crippen LogP contribution in [0, 0.1) is 0 Å². The van der Waals surface area contributed by atoms with Crippen molar-refractivity contribution in [2.24, 2.45) is 10.2 Å². The number of carboxylic acids is 1. The first-order valence-electron chi connectivity index (χ1n) is 6.27. The Kier molecular flexibility index (Phi) is 3.89. The van der Waals surface area contributed by atoms with Crippen molar-refractivity contribution in [1.29, 1.82) is 0 Å². The lowest BCUT2D eigenvalue weighted by Crippen LogP contribution is -1.96. The summed E-state index contributed by atoms with van der Waals surface area (Å²) < 4.78 is 1.33. The number of aromatic hydroxyl groups is 1. The molecule has 116 valence electrons. The molecule has 0 amide bonds. The van der Waals surface area contributed by atoms with Gasteiger partial charge in [-0.1, -0.05) is 23.2 Å². The Hall–Kier alpha value is -2.64. The molecular formula is C14H8Cl2N4O3. The van der Waals surface area contributed by atoms with Crippen molar-refractivity contribution < 1.29 is 15.0 Å². The standard InChI is InChI=1S/C14H8Cl2N4O3/c15-7-4-8(16)6-9(5-7)18-19-13-11(14(22)23)17-12-10(21)2-1-3-20(12)13/h1-6,21H,(H,22,23). The largest absolute Gasteiger partial charge is 0.504 e. The fraction of sp³-hybridized carbons (Fsp3) is 0. The number of imidazole rings is 1. The molecule has 0 bridgehead atoms. The SMILES string of the molecule is O=C(O)c1nc2c(O)cccn2c1N=Nc1cc(Cl)cc(Cl)c1. The molecule has 23 heavy (non-hydrogen) atoms. The van der Waals surface area contributed by atoms with E-state index in [1.54, 1.807) is 0 Å². The fourth-order valence-electron chi connectivity index (χ4n) is 1.98. The average Bonchev–Trinajstić information content (AvgIpc) is 2.84. The number of halogens is 2. The number of hydrogen-bond acceptors (Lipinski definition) is 5. The molecule has 2 heterocycles. The van der Waals surface area contributed by atoms with Gasteiger partial charge in [0.05, 0.1) is 5.69 Å². The fourth-order valence-corrected chi connectivity index (χ4v) is 2.50. The predicted molar refractivity (Wildman–Crippen MR) is 84.5 cm³/mol. The molecule has 0 atom stereocenters. The van der Waals surface area contributed by atoms with Crippen LogP contribution in [0.25, 0.3) is 5.65 Å². The van der Waals surface area contributed by atoms with Crippen LogP contribution in [0.4, 0.5) is 11.5 Å². The van der Waals surface area contributed by atoms with E-state index in [9.17, 15) is 15.0 Å². The molecule has 0 fully saturated rings. The number of pyridine rings is 1. The van der Waals surface area contributed by atoms with Crippen LogP contribution in [0.3, 0.4) is 0 Å². The molecule has 0 spiro atoms. The Morgan fingerprint density at radius 1 is 1.17 bits per heavy atom. The van der Waals surface area contributed by atoms with Crippen molar-refractivity contribution in [3.05, 3.63) is 52.3 Å². The van der Waals surface area contributed by atoms with Crippen molar-refractivity contribution in [1.82, 2.24) is 9.38 Å². The van der Waals surface area contributed by atoms with Crippen LogP contribution < -0.4 is 0 Å². The molecule has 0 aliphatic rings. The Labute approximate surface area is 139 Å². The second kappa shape index (κ2) is 5.86. The highest BCUT2D eigenvalue weighted by Gasteiger charge is 2.19. The number of rotatable bonds is 3. The molecular weight excluding hydrogens is 343 g/mol. The van der Waals surface area contributed by atoms with Crippen LogP contribution in [-0.2, 0) is 0 Å². The number of fused-ring (bicyclic) bond motifs is 1. The van der Waals surface area contributed by atoms with Gasteiger partial charge in [0.15, 0.2) is 22.9 Å². The third-order valence-electron chi connectivity index (χ3n) is 2.91. The monoisotopic (exact) mass is 350 g/mol. The van der Waals surface area contributed by atoms with Crippen molar-refractivity contribution in [2.45, 2.75) is 0 Å². The van der Waals surface area contributed by atoms with E-state index in [-0.39, 0.29) is 22.9 Å². The summed E-state index contributed by atoms with van der Waals surface area (Å²) in [7, 11) is 0. The Balaban J connectivity index is 2.15. The van der Waals surface area contributed by atoms with Crippen LogP contribution in [-0.4, -0.2) is 25.6 Å². The number of carboxylic acid groups (broad SMARTS) is 1. The van der Waals surface area contributed by atoms with E-state index in [4.69, 9.17) is 23.2 Å². The maximum Gasteiger partial charge on any atom is 0.358 e. The van der Waals surface area contributed by atoms with E-state index in [0.29, 0.717) is 15.7 Å². The lowest BCUT2D eigenvalue weighted by Gasteiger charge is -1.98. The Morgan fingerprint density at radius 3 is 2.52 bits per heavy atom. The van der Waals surface area contributed by atoms with Crippen LogP contribution >= 0.6 is 23.2 Å². The summed E-state index contributed by atoms with van der Waals surface area (Å²) in [5.74, 6) is -1.48. The van der Waals surface area contributed by atoms with E-state index < -0.39 is 5.97 Å². The van der Waals surface area contributed by atoms with Gasteiger partial charge in [0.25, 0.3) is 0 Å². The van der Waals surface area contributed by atoms with E-state index in [1.165, 1.54) is 40.9 Å². The molecule has 2 aromatic heterocycles. The number of carbonyl (C=O) groups is 1. The summed E-state index contributed by atoms with van der Waals surface area (Å²) in [6.45, 7) is 0. The van der Waals surface area contributed by atoms with Crippen LogP contribution in [0.5, 0.6) is 5.75 Å². The van der Waals surface area contributed by atoms with Crippen molar-refractivity contribution >= 4 is 46.3 Å². The van der Waals surface area contributed by atoms with Crippen LogP contribution in [0.15, 0.2) is 46.8 Å². The smallest absolute Gasteiger partial charge is 0.358 e. The minimum atomic E-state index is -1.29. The highest BCUT2D eigenvalue weighted by atomic mass is 35.5. The first-order chi connectivity index (χ1) is 11.0. The Bertz CT molecular complexity index is 932. The lowest BCUT2D eigenvalue weighted by atomic mass is 10.3. The van der Waals surface area contributed by atoms with E-state index >= 15 is 0 Å². The van der Waals surface area contributed by atoms with Gasteiger partial charge in [0.1, 0.15) is 0 Å². The minimum absolute atomic E-state index is 0.0282. The quantitative estimate of drug-likeness (QED) is 0.681. The second-order valence-electron chi connectivity index (χ2n) is 4.50. The molecule has 0 saturated heterocycles. The zero-order valence-corrected chi connectivity index (χ0v) is 12.8. The van der Waals surface area contributed by atoms with Gasteiger partial charge in [-0.2, -0.15) is 0 Å². The van der Waals surface area contributed by atoms with Gasteiger partial charge in [-0.05, 0) is 30.3 Å². The van der Waals surface area contributed by atoms with E-state index in [1.807, 2.05) is 0 Å². The second-order valence-corrected chi connectivity index (χ2v) is 5.38. The number of hydrogen-bond donors (Lipinski definition) is 2. The first-order valence-corrected chi connectivity index (χ1v) is 7.02. The molecule has 3 aromatic rings. The average molecular weight is 351 g/mol. The zero-order chi connectivity index (χ0) is 16.6. The number of aromatic nitrogens is 2. The molecule has 0 aliphatic heterocycles.